The molecule has 1 aliphatic heterocycles. The molecular formula is C18H23N3O3. The highest BCUT2D eigenvalue weighted by atomic mass is 16.5. The highest BCUT2D eigenvalue weighted by Gasteiger charge is 2.19. The minimum absolute atomic E-state index is 0.108. The number of carbonyl (C=O) groups is 1. The van der Waals surface area contributed by atoms with Gasteiger partial charge in [-0.15, -0.1) is 0 Å². The Morgan fingerprint density at radius 2 is 2.42 bits per heavy atom. The van der Waals surface area contributed by atoms with Crippen LogP contribution in [0.5, 0.6) is 0 Å². The van der Waals surface area contributed by atoms with E-state index in [1.54, 1.807) is 19.3 Å². The molecule has 2 atom stereocenters. The molecule has 1 aromatic heterocycles. The van der Waals surface area contributed by atoms with Crippen molar-refractivity contribution in [3.05, 3.63) is 36.7 Å². The van der Waals surface area contributed by atoms with Crippen molar-refractivity contribution in [2.75, 3.05) is 18.5 Å². The second-order valence-electron chi connectivity index (χ2n) is 5.97. The summed E-state index contributed by atoms with van der Waals surface area (Å²) >= 11 is 0. The number of aromatic nitrogens is 2. The molecule has 1 aliphatic rings. The summed E-state index contributed by atoms with van der Waals surface area (Å²) in [5, 5.41) is 2.89. The molecule has 2 unspecified atom stereocenters. The van der Waals surface area contributed by atoms with E-state index >= 15 is 0 Å². The number of carbonyl (C=O) groups excluding carboxylic acids is 1. The van der Waals surface area contributed by atoms with Crippen LogP contribution in [0.3, 0.4) is 0 Å². The quantitative estimate of drug-likeness (QED) is 0.854. The number of anilines is 1. The van der Waals surface area contributed by atoms with E-state index in [1.165, 1.54) is 0 Å². The van der Waals surface area contributed by atoms with Crippen LogP contribution in [0.15, 0.2) is 36.7 Å². The Labute approximate surface area is 141 Å². The Kier molecular flexibility index (Phi) is 5.61. The Hall–Kier alpha value is -2.18. The number of nitrogens with one attached hydrogen (secondary N) is 2. The van der Waals surface area contributed by atoms with E-state index in [9.17, 15) is 4.79 Å². The van der Waals surface area contributed by atoms with Gasteiger partial charge in [-0.1, -0.05) is 12.1 Å². The second kappa shape index (κ2) is 8.08. The molecule has 128 valence electrons. The molecule has 6 nitrogen and oxygen atoms in total. The standard InChI is InChI=1S/C18H23N3O3/c1-13(24-12-16-7-2-3-10-23-16)18(22)21-15-6-4-5-14(11-15)17-19-8-9-20-17/h4-6,8-9,11,13,16H,2-3,7,10,12H2,1H3,(H,19,20)(H,21,22). The number of H-pyrrole nitrogens is 1. The number of amides is 1. The first-order valence-corrected chi connectivity index (χ1v) is 8.36. The van der Waals surface area contributed by atoms with Crippen LogP contribution >= 0.6 is 0 Å². The van der Waals surface area contributed by atoms with Crippen LogP contribution < -0.4 is 5.32 Å². The maximum atomic E-state index is 12.3. The summed E-state index contributed by atoms with van der Waals surface area (Å²) in [7, 11) is 0. The van der Waals surface area contributed by atoms with Crippen LogP contribution in [0.25, 0.3) is 11.4 Å². The Bertz CT molecular complexity index is 651. The minimum atomic E-state index is -0.525. The van der Waals surface area contributed by atoms with Gasteiger partial charge in [0.15, 0.2) is 0 Å². The third-order valence-corrected chi connectivity index (χ3v) is 4.08. The number of hydrogen-bond donors (Lipinski definition) is 2. The van der Waals surface area contributed by atoms with E-state index in [1.807, 2.05) is 24.3 Å². The van der Waals surface area contributed by atoms with Crippen molar-refractivity contribution >= 4 is 11.6 Å². The highest BCUT2D eigenvalue weighted by molar-refractivity contribution is 5.94. The van der Waals surface area contributed by atoms with Crippen LogP contribution in [0.1, 0.15) is 26.2 Å². The fourth-order valence-corrected chi connectivity index (χ4v) is 2.68. The summed E-state index contributed by atoms with van der Waals surface area (Å²) in [6.45, 7) is 3.00. The van der Waals surface area contributed by atoms with Crippen molar-refractivity contribution < 1.29 is 14.3 Å². The van der Waals surface area contributed by atoms with Gasteiger partial charge in [-0.2, -0.15) is 0 Å². The van der Waals surface area contributed by atoms with Crippen molar-refractivity contribution in [1.82, 2.24) is 9.97 Å². The fourth-order valence-electron chi connectivity index (χ4n) is 2.68. The van der Waals surface area contributed by atoms with E-state index in [-0.39, 0.29) is 12.0 Å². The molecule has 0 spiro atoms. The summed E-state index contributed by atoms with van der Waals surface area (Å²) in [5.74, 6) is 0.604. The molecule has 2 heterocycles. The van der Waals surface area contributed by atoms with Crippen LogP contribution in [0, 0.1) is 0 Å². The summed E-state index contributed by atoms with van der Waals surface area (Å²) in [6.07, 6.45) is 6.32. The van der Waals surface area contributed by atoms with Gasteiger partial charge in [0.05, 0.1) is 12.7 Å². The number of ether oxygens (including phenoxy) is 2. The van der Waals surface area contributed by atoms with E-state index in [2.05, 4.69) is 15.3 Å². The number of imidazole rings is 1. The van der Waals surface area contributed by atoms with Crippen molar-refractivity contribution in [2.24, 2.45) is 0 Å². The van der Waals surface area contributed by atoms with Gasteiger partial charge in [-0.3, -0.25) is 4.79 Å². The third kappa shape index (κ3) is 4.43. The van der Waals surface area contributed by atoms with E-state index in [0.717, 1.165) is 42.9 Å². The predicted octanol–water partition coefficient (Wildman–Crippen LogP) is 2.99. The summed E-state index contributed by atoms with van der Waals surface area (Å²) in [6, 6.07) is 7.55. The maximum Gasteiger partial charge on any atom is 0.253 e. The lowest BCUT2D eigenvalue weighted by Gasteiger charge is -2.23. The summed E-state index contributed by atoms with van der Waals surface area (Å²) < 4.78 is 11.3. The minimum Gasteiger partial charge on any atom is -0.376 e. The van der Waals surface area contributed by atoms with Gasteiger partial charge in [0.2, 0.25) is 0 Å². The molecule has 3 rings (SSSR count). The van der Waals surface area contributed by atoms with Gasteiger partial charge >= 0.3 is 0 Å². The molecule has 0 bridgehead atoms. The average molecular weight is 329 g/mol. The molecule has 0 radical (unpaired) electrons. The number of hydrogen-bond acceptors (Lipinski definition) is 4. The van der Waals surface area contributed by atoms with Crippen molar-refractivity contribution in [1.29, 1.82) is 0 Å². The van der Waals surface area contributed by atoms with E-state index in [4.69, 9.17) is 9.47 Å². The van der Waals surface area contributed by atoms with Gasteiger partial charge in [0.1, 0.15) is 11.9 Å². The first kappa shape index (κ1) is 16.7. The van der Waals surface area contributed by atoms with Crippen molar-refractivity contribution in [2.45, 2.75) is 38.4 Å². The lowest BCUT2D eigenvalue weighted by atomic mass is 10.1. The van der Waals surface area contributed by atoms with Gasteiger partial charge < -0.3 is 19.8 Å². The van der Waals surface area contributed by atoms with Gasteiger partial charge in [0.25, 0.3) is 5.91 Å². The average Bonchev–Trinajstić information content (AvgIpc) is 3.15. The molecule has 1 saturated heterocycles. The normalized spacial score (nSPS) is 19.0. The highest BCUT2D eigenvalue weighted by Crippen LogP contribution is 2.19. The molecule has 2 N–H and O–H groups in total. The van der Waals surface area contributed by atoms with Gasteiger partial charge in [-0.05, 0) is 38.3 Å². The molecule has 2 aromatic rings. The zero-order chi connectivity index (χ0) is 16.8. The van der Waals surface area contributed by atoms with Crippen LogP contribution in [0.2, 0.25) is 0 Å². The van der Waals surface area contributed by atoms with Crippen molar-refractivity contribution in [3.8, 4) is 11.4 Å². The number of aromatic amines is 1. The second-order valence-corrected chi connectivity index (χ2v) is 5.97. The lowest BCUT2D eigenvalue weighted by molar-refractivity contribution is -0.130. The number of nitrogens with zero attached hydrogens (tertiary/aromatic N) is 1. The number of rotatable bonds is 6. The molecule has 6 heteroatoms. The van der Waals surface area contributed by atoms with E-state index in [0.29, 0.717) is 6.61 Å². The molecule has 1 aromatic carbocycles. The molecule has 1 fully saturated rings. The largest absolute Gasteiger partial charge is 0.376 e. The molecule has 0 saturated carbocycles. The summed E-state index contributed by atoms with van der Waals surface area (Å²) in [5.41, 5.74) is 1.64. The predicted molar refractivity (Wildman–Crippen MR) is 91.7 cm³/mol. The molecule has 24 heavy (non-hydrogen) atoms. The van der Waals surface area contributed by atoms with Gasteiger partial charge in [0, 0.05) is 30.3 Å². The zero-order valence-electron chi connectivity index (χ0n) is 13.8. The summed E-state index contributed by atoms with van der Waals surface area (Å²) in [4.78, 5) is 19.5. The van der Waals surface area contributed by atoms with Crippen LogP contribution in [-0.2, 0) is 14.3 Å². The smallest absolute Gasteiger partial charge is 0.253 e. The Morgan fingerprint density at radius 3 is 3.17 bits per heavy atom. The first-order valence-electron chi connectivity index (χ1n) is 8.36. The zero-order valence-corrected chi connectivity index (χ0v) is 13.8. The molecule has 1 amide bonds. The fraction of sp³-hybridized carbons (Fsp3) is 0.444. The first-order chi connectivity index (χ1) is 11.7. The monoisotopic (exact) mass is 329 g/mol. The van der Waals surface area contributed by atoms with E-state index < -0.39 is 6.10 Å². The third-order valence-electron chi connectivity index (χ3n) is 4.08. The Morgan fingerprint density at radius 1 is 1.50 bits per heavy atom. The lowest BCUT2D eigenvalue weighted by Crippen LogP contribution is -2.32. The van der Waals surface area contributed by atoms with Crippen LogP contribution in [0.4, 0.5) is 5.69 Å². The van der Waals surface area contributed by atoms with Gasteiger partial charge in [-0.25, -0.2) is 4.98 Å². The Balaban J connectivity index is 1.53. The molecular weight excluding hydrogens is 306 g/mol. The van der Waals surface area contributed by atoms with Crippen molar-refractivity contribution in [3.63, 3.8) is 0 Å². The number of benzene rings is 1. The maximum absolute atomic E-state index is 12.3. The topological polar surface area (TPSA) is 76.2 Å². The molecule has 0 aliphatic carbocycles. The SMILES string of the molecule is CC(OCC1CCCCO1)C(=O)Nc1cccc(-c2ncc[nH]2)c1. The van der Waals surface area contributed by atoms with Crippen LogP contribution in [-0.4, -0.2) is 41.3 Å².